The molecular formula is C6H12ClNO2. The maximum atomic E-state index is 10.4. The topological polar surface area (TPSA) is 52.3 Å². The van der Waals surface area contributed by atoms with Gasteiger partial charge in [0, 0.05) is 12.1 Å². The van der Waals surface area contributed by atoms with Gasteiger partial charge in [0.1, 0.15) is 0 Å². The lowest BCUT2D eigenvalue weighted by molar-refractivity contribution is -0.134. The fourth-order valence-electron chi connectivity index (χ4n) is 0.298. The number of halogens is 1. The first kappa shape index (κ1) is 12.2. The molecule has 0 aliphatic carbocycles. The minimum absolute atomic E-state index is 0. The van der Waals surface area contributed by atoms with Crippen LogP contribution in [-0.4, -0.2) is 19.1 Å². The minimum atomic E-state index is -0.368. The first-order valence-corrected chi connectivity index (χ1v) is 2.68. The largest absolute Gasteiger partial charge is 0.466 e. The third kappa shape index (κ3) is 7.46. The van der Waals surface area contributed by atoms with E-state index in [2.05, 4.69) is 4.74 Å². The monoisotopic (exact) mass is 165 g/mol. The summed E-state index contributed by atoms with van der Waals surface area (Å²) in [6.07, 6.45) is 2.89. The normalized spacial score (nSPS) is 12.3. The van der Waals surface area contributed by atoms with Crippen molar-refractivity contribution in [2.75, 3.05) is 7.11 Å². The number of hydrogen-bond donors (Lipinski definition) is 1. The van der Waals surface area contributed by atoms with Crippen molar-refractivity contribution in [1.82, 2.24) is 0 Å². The van der Waals surface area contributed by atoms with E-state index in [1.807, 2.05) is 0 Å². The van der Waals surface area contributed by atoms with Gasteiger partial charge in [-0.1, -0.05) is 6.08 Å². The molecule has 0 bridgehead atoms. The molecule has 0 aliphatic heterocycles. The van der Waals surface area contributed by atoms with Gasteiger partial charge in [-0.15, -0.1) is 12.4 Å². The van der Waals surface area contributed by atoms with Crippen LogP contribution >= 0.6 is 12.4 Å². The Hall–Kier alpha value is -0.540. The second-order valence-corrected chi connectivity index (χ2v) is 1.74. The minimum Gasteiger partial charge on any atom is -0.466 e. The number of nitrogens with two attached hydrogens (primary N) is 1. The van der Waals surface area contributed by atoms with E-state index < -0.39 is 0 Å². The lowest BCUT2D eigenvalue weighted by atomic mass is 10.3. The predicted molar refractivity (Wildman–Crippen MR) is 42.1 cm³/mol. The van der Waals surface area contributed by atoms with Crippen LogP contribution in [-0.2, 0) is 9.53 Å². The molecule has 1 unspecified atom stereocenters. The van der Waals surface area contributed by atoms with Crippen LogP contribution in [0.2, 0.25) is 0 Å². The van der Waals surface area contributed by atoms with E-state index >= 15 is 0 Å². The highest BCUT2D eigenvalue weighted by molar-refractivity contribution is 5.85. The first-order valence-electron chi connectivity index (χ1n) is 2.68. The van der Waals surface area contributed by atoms with E-state index in [1.165, 1.54) is 13.2 Å². The van der Waals surface area contributed by atoms with Crippen molar-refractivity contribution in [3.8, 4) is 0 Å². The van der Waals surface area contributed by atoms with Crippen molar-refractivity contribution in [2.24, 2.45) is 5.73 Å². The van der Waals surface area contributed by atoms with Crippen molar-refractivity contribution in [3.63, 3.8) is 0 Å². The van der Waals surface area contributed by atoms with E-state index in [0.29, 0.717) is 0 Å². The Bertz CT molecular complexity index is 123. The van der Waals surface area contributed by atoms with Crippen LogP contribution in [0.15, 0.2) is 12.2 Å². The molecule has 2 N–H and O–H groups in total. The van der Waals surface area contributed by atoms with Gasteiger partial charge in [0.25, 0.3) is 0 Å². The number of rotatable bonds is 2. The van der Waals surface area contributed by atoms with Gasteiger partial charge in [-0.3, -0.25) is 0 Å². The van der Waals surface area contributed by atoms with E-state index in [-0.39, 0.29) is 24.4 Å². The summed E-state index contributed by atoms with van der Waals surface area (Å²) < 4.78 is 4.32. The molecule has 0 fully saturated rings. The number of carbonyl (C=O) groups excluding carboxylic acids is 1. The molecule has 0 radical (unpaired) electrons. The highest BCUT2D eigenvalue weighted by Crippen LogP contribution is 1.80. The number of methoxy groups -OCH3 is 1. The maximum absolute atomic E-state index is 10.4. The Morgan fingerprint density at radius 2 is 2.20 bits per heavy atom. The van der Waals surface area contributed by atoms with E-state index in [9.17, 15) is 4.79 Å². The molecule has 0 heterocycles. The van der Waals surface area contributed by atoms with E-state index in [4.69, 9.17) is 5.73 Å². The fourth-order valence-corrected chi connectivity index (χ4v) is 0.298. The van der Waals surface area contributed by atoms with Gasteiger partial charge in [0.05, 0.1) is 7.11 Å². The Morgan fingerprint density at radius 3 is 2.50 bits per heavy atom. The zero-order valence-corrected chi connectivity index (χ0v) is 6.85. The molecule has 4 heteroatoms. The highest BCUT2D eigenvalue weighted by Gasteiger charge is 1.90. The predicted octanol–water partition coefficient (Wildman–Crippen LogP) is 0.485. The average Bonchev–Trinajstić information content (AvgIpc) is 1.83. The lowest BCUT2D eigenvalue weighted by Gasteiger charge is -1.92. The molecule has 0 amide bonds. The van der Waals surface area contributed by atoms with Gasteiger partial charge < -0.3 is 10.5 Å². The molecule has 60 valence electrons. The van der Waals surface area contributed by atoms with Gasteiger partial charge in [-0.25, -0.2) is 4.79 Å². The van der Waals surface area contributed by atoms with Gasteiger partial charge >= 0.3 is 5.97 Å². The van der Waals surface area contributed by atoms with E-state index in [1.54, 1.807) is 13.0 Å². The van der Waals surface area contributed by atoms with Gasteiger partial charge in [0.15, 0.2) is 0 Å². The average molecular weight is 166 g/mol. The summed E-state index contributed by atoms with van der Waals surface area (Å²) in [7, 11) is 1.33. The zero-order valence-electron chi connectivity index (χ0n) is 6.03. The third-order valence-corrected chi connectivity index (χ3v) is 0.737. The SMILES string of the molecule is COC(=O)/C=C/C(C)N.Cl. The maximum Gasteiger partial charge on any atom is 0.330 e. The second kappa shape index (κ2) is 6.58. The molecule has 3 nitrogen and oxygen atoms in total. The fraction of sp³-hybridized carbons (Fsp3) is 0.500. The molecule has 0 spiro atoms. The Morgan fingerprint density at radius 1 is 1.70 bits per heavy atom. The van der Waals surface area contributed by atoms with E-state index in [0.717, 1.165) is 0 Å². The quantitative estimate of drug-likeness (QED) is 0.479. The van der Waals surface area contributed by atoms with Crippen molar-refractivity contribution < 1.29 is 9.53 Å². The van der Waals surface area contributed by atoms with Crippen LogP contribution in [0.1, 0.15) is 6.92 Å². The van der Waals surface area contributed by atoms with Gasteiger partial charge in [0.2, 0.25) is 0 Å². The smallest absolute Gasteiger partial charge is 0.330 e. The van der Waals surface area contributed by atoms with Crippen molar-refractivity contribution in [1.29, 1.82) is 0 Å². The first-order chi connectivity index (χ1) is 4.16. The van der Waals surface area contributed by atoms with Crippen LogP contribution in [0.25, 0.3) is 0 Å². The highest BCUT2D eigenvalue weighted by atomic mass is 35.5. The summed E-state index contributed by atoms with van der Waals surface area (Å²) in [6.45, 7) is 1.78. The summed E-state index contributed by atoms with van der Waals surface area (Å²) in [5.74, 6) is -0.368. The van der Waals surface area contributed by atoms with Crippen LogP contribution in [0.5, 0.6) is 0 Å². The van der Waals surface area contributed by atoms with Crippen molar-refractivity contribution in [2.45, 2.75) is 13.0 Å². The zero-order chi connectivity index (χ0) is 7.28. The van der Waals surface area contributed by atoms with Gasteiger partial charge in [-0.2, -0.15) is 0 Å². The Labute approximate surface area is 66.6 Å². The standard InChI is InChI=1S/C6H11NO2.ClH/c1-5(7)3-4-6(8)9-2;/h3-5H,7H2,1-2H3;1H/b4-3+;. The van der Waals surface area contributed by atoms with Crippen LogP contribution in [0.3, 0.4) is 0 Å². The van der Waals surface area contributed by atoms with Crippen LogP contribution < -0.4 is 5.73 Å². The van der Waals surface area contributed by atoms with Crippen LogP contribution in [0.4, 0.5) is 0 Å². The molecule has 10 heavy (non-hydrogen) atoms. The molecule has 0 saturated heterocycles. The number of esters is 1. The molecule has 0 saturated carbocycles. The third-order valence-electron chi connectivity index (χ3n) is 0.737. The molecule has 0 rings (SSSR count). The molecule has 1 atom stereocenters. The second-order valence-electron chi connectivity index (χ2n) is 1.74. The molecular weight excluding hydrogens is 154 g/mol. The molecule has 0 aliphatic rings. The summed E-state index contributed by atoms with van der Waals surface area (Å²) in [5.41, 5.74) is 5.30. The summed E-state index contributed by atoms with van der Waals surface area (Å²) in [6, 6.07) is -0.0934. The van der Waals surface area contributed by atoms with Gasteiger partial charge in [-0.05, 0) is 6.92 Å². The summed E-state index contributed by atoms with van der Waals surface area (Å²) >= 11 is 0. The number of carbonyl (C=O) groups is 1. The Balaban J connectivity index is 0. The number of ether oxygens (including phenoxy) is 1. The molecule has 0 aromatic carbocycles. The lowest BCUT2D eigenvalue weighted by Crippen LogP contribution is -2.11. The van der Waals surface area contributed by atoms with Crippen molar-refractivity contribution >= 4 is 18.4 Å². The summed E-state index contributed by atoms with van der Waals surface area (Å²) in [5, 5.41) is 0. The Kier molecular flexibility index (Phi) is 8.00. The van der Waals surface area contributed by atoms with Crippen molar-refractivity contribution in [3.05, 3.63) is 12.2 Å². The van der Waals surface area contributed by atoms with Crippen LogP contribution in [0, 0.1) is 0 Å². The molecule has 0 aromatic heterocycles. The number of hydrogen-bond acceptors (Lipinski definition) is 3. The summed E-state index contributed by atoms with van der Waals surface area (Å²) in [4.78, 5) is 10.4. The molecule has 0 aromatic rings.